The van der Waals surface area contributed by atoms with Crippen LogP contribution in [0, 0.1) is 0 Å². The Morgan fingerprint density at radius 2 is 1.80 bits per heavy atom. The number of rotatable bonds is 6. The number of benzene rings is 2. The number of ether oxygens (including phenoxy) is 1. The molecule has 0 amide bonds. The van der Waals surface area contributed by atoms with Crippen molar-refractivity contribution in [3.63, 3.8) is 0 Å². The molecular weight excluding hydrogens is 318 g/mol. The Kier molecular flexibility index (Phi) is 5.44. The molecule has 3 nitrogen and oxygen atoms in total. The van der Waals surface area contributed by atoms with Crippen LogP contribution in [0.3, 0.4) is 0 Å². The molecule has 0 radical (unpaired) electrons. The Labute approximate surface area is 127 Å². The highest BCUT2D eigenvalue weighted by molar-refractivity contribution is 9.10. The molecule has 0 aliphatic heterocycles. The molecule has 0 spiro atoms. The summed E-state index contributed by atoms with van der Waals surface area (Å²) in [5.74, 6) is 1.16. The van der Waals surface area contributed by atoms with E-state index in [0.717, 1.165) is 35.3 Å². The van der Waals surface area contributed by atoms with Crippen molar-refractivity contribution in [1.82, 2.24) is 5.32 Å². The van der Waals surface area contributed by atoms with Crippen LogP contribution in [0.25, 0.3) is 0 Å². The summed E-state index contributed by atoms with van der Waals surface area (Å²) in [6, 6.07) is 13.7. The Morgan fingerprint density at radius 1 is 1.10 bits per heavy atom. The zero-order valence-corrected chi connectivity index (χ0v) is 13.0. The SMILES string of the molecule is COc1ccc(CCNCc2ccc(O)c(Br)c2)cc1. The van der Waals surface area contributed by atoms with Crippen LogP contribution in [0.1, 0.15) is 11.1 Å². The van der Waals surface area contributed by atoms with E-state index in [9.17, 15) is 5.11 Å². The molecule has 2 rings (SSSR count). The van der Waals surface area contributed by atoms with Crippen molar-refractivity contribution in [2.75, 3.05) is 13.7 Å². The van der Waals surface area contributed by atoms with Crippen LogP contribution in [0.2, 0.25) is 0 Å². The second-order valence-electron chi connectivity index (χ2n) is 4.56. The molecule has 0 aliphatic carbocycles. The highest BCUT2D eigenvalue weighted by Crippen LogP contribution is 2.24. The number of nitrogens with one attached hydrogen (secondary N) is 1. The maximum Gasteiger partial charge on any atom is 0.129 e. The van der Waals surface area contributed by atoms with E-state index in [1.165, 1.54) is 5.56 Å². The van der Waals surface area contributed by atoms with Gasteiger partial charge in [0, 0.05) is 6.54 Å². The predicted molar refractivity (Wildman–Crippen MR) is 84.2 cm³/mol. The van der Waals surface area contributed by atoms with E-state index >= 15 is 0 Å². The van der Waals surface area contributed by atoms with E-state index in [1.807, 2.05) is 24.3 Å². The van der Waals surface area contributed by atoms with E-state index < -0.39 is 0 Å². The van der Waals surface area contributed by atoms with Gasteiger partial charge in [0.25, 0.3) is 0 Å². The molecule has 0 aromatic heterocycles. The van der Waals surface area contributed by atoms with Gasteiger partial charge in [0.2, 0.25) is 0 Å². The average molecular weight is 336 g/mol. The molecule has 4 heteroatoms. The smallest absolute Gasteiger partial charge is 0.129 e. The lowest BCUT2D eigenvalue weighted by atomic mass is 10.1. The average Bonchev–Trinajstić information content (AvgIpc) is 2.48. The molecule has 0 bridgehead atoms. The van der Waals surface area contributed by atoms with Crippen molar-refractivity contribution in [3.05, 3.63) is 58.1 Å². The van der Waals surface area contributed by atoms with Crippen molar-refractivity contribution in [2.45, 2.75) is 13.0 Å². The number of aromatic hydroxyl groups is 1. The third-order valence-corrected chi connectivity index (χ3v) is 3.73. The van der Waals surface area contributed by atoms with Gasteiger partial charge in [0.15, 0.2) is 0 Å². The first-order valence-electron chi connectivity index (χ1n) is 6.50. The lowest BCUT2D eigenvalue weighted by Crippen LogP contribution is -2.16. The van der Waals surface area contributed by atoms with Gasteiger partial charge in [-0.25, -0.2) is 0 Å². The van der Waals surface area contributed by atoms with Gasteiger partial charge in [-0.05, 0) is 64.3 Å². The van der Waals surface area contributed by atoms with Crippen LogP contribution in [0.5, 0.6) is 11.5 Å². The standard InChI is InChI=1S/C16H18BrNO2/c1-20-14-5-2-12(3-6-14)8-9-18-11-13-4-7-16(19)15(17)10-13/h2-7,10,18-19H,8-9,11H2,1H3. The highest BCUT2D eigenvalue weighted by Gasteiger charge is 2.00. The molecule has 0 saturated heterocycles. The van der Waals surface area contributed by atoms with Gasteiger partial charge in [-0.1, -0.05) is 18.2 Å². The Morgan fingerprint density at radius 3 is 2.45 bits per heavy atom. The summed E-state index contributed by atoms with van der Waals surface area (Å²) in [5, 5.41) is 12.8. The number of methoxy groups -OCH3 is 1. The first-order valence-corrected chi connectivity index (χ1v) is 7.29. The summed E-state index contributed by atoms with van der Waals surface area (Å²) >= 11 is 3.32. The molecule has 0 atom stereocenters. The minimum Gasteiger partial charge on any atom is -0.507 e. The molecule has 2 aromatic carbocycles. The molecule has 0 fully saturated rings. The fraction of sp³-hybridized carbons (Fsp3) is 0.250. The fourth-order valence-corrected chi connectivity index (χ4v) is 2.34. The van der Waals surface area contributed by atoms with Crippen LogP contribution in [0.15, 0.2) is 46.9 Å². The monoisotopic (exact) mass is 335 g/mol. The van der Waals surface area contributed by atoms with Crippen molar-refractivity contribution < 1.29 is 9.84 Å². The van der Waals surface area contributed by atoms with Gasteiger partial charge in [0.05, 0.1) is 11.6 Å². The molecule has 0 heterocycles. The maximum atomic E-state index is 9.43. The van der Waals surface area contributed by atoms with Gasteiger partial charge in [-0.3, -0.25) is 0 Å². The van der Waals surface area contributed by atoms with E-state index in [-0.39, 0.29) is 5.75 Å². The molecule has 0 unspecified atom stereocenters. The molecular formula is C16H18BrNO2. The zero-order chi connectivity index (χ0) is 14.4. The largest absolute Gasteiger partial charge is 0.507 e. The Balaban J connectivity index is 1.76. The van der Waals surface area contributed by atoms with Crippen molar-refractivity contribution in [2.24, 2.45) is 0 Å². The maximum absolute atomic E-state index is 9.43. The molecule has 20 heavy (non-hydrogen) atoms. The van der Waals surface area contributed by atoms with E-state index in [0.29, 0.717) is 0 Å². The lowest BCUT2D eigenvalue weighted by Gasteiger charge is -2.07. The van der Waals surface area contributed by atoms with Crippen LogP contribution in [-0.4, -0.2) is 18.8 Å². The summed E-state index contributed by atoms with van der Waals surface area (Å²) in [6.45, 7) is 1.69. The number of phenolic OH excluding ortho intramolecular Hbond substituents is 1. The summed E-state index contributed by atoms with van der Waals surface area (Å²) < 4.78 is 5.86. The second kappa shape index (κ2) is 7.31. The van der Waals surface area contributed by atoms with Gasteiger partial charge in [0.1, 0.15) is 11.5 Å². The zero-order valence-electron chi connectivity index (χ0n) is 11.4. The van der Waals surface area contributed by atoms with Gasteiger partial charge >= 0.3 is 0 Å². The van der Waals surface area contributed by atoms with Gasteiger partial charge in [-0.15, -0.1) is 0 Å². The molecule has 106 valence electrons. The second-order valence-corrected chi connectivity index (χ2v) is 5.41. The summed E-state index contributed by atoms with van der Waals surface area (Å²) in [7, 11) is 1.67. The Hall–Kier alpha value is -1.52. The van der Waals surface area contributed by atoms with Crippen LogP contribution >= 0.6 is 15.9 Å². The quantitative estimate of drug-likeness (QED) is 0.794. The molecule has 2 aromatic rings. The Bertz CT molecular complexity index is 555. The normalized spacial score (nSPS) is 10.5. The summed E-state index contributed by atoms with van der Waals surface area (Å²) in [4.78, 5) is 0. The predicted octanol–water partition coefficient (Wildman–Crippen LogP) is 3.50. The first-order chi connectivity index (χ1) is 9.69. The van der Waals surface area contributed by atoms with E-state index in [2.05, 4.69) is 33.4 Å². The van der Waals surface area contributed by atoms with Gasteiger partial charge < -0.3 is 15.2 Å². The van der Waals surface area contributed by atoms with Crippen molar-refractivity contribution in [1.29, 1.82) is 0 Å². The minimum absolute atomic E-state index is 0.270. The summed E-state index contributed by atoms with van der Waals surface area (Å²) in [5.41, 5.74) is 2.43. The van der Waals surface area contributed by atoms with Crippen molar-refractivity contribution in [3.8, 4) is 11.5 Å². The van der Waals surface area contributed by atoms with Gasteiger partial charge in [-0.2, -0.15) is 0 Å². The van der Waals surface area contributed by atoms with Crippen LogP contribution in [0.4, 0.5) is 0 Å². The van der Waals surface area contributed by atoms with E-state index in [1.54, 1.807) is 13.2 Å². The summed E-state index contributed by atoms with van der Waals surface area (Å²) in [6.07, 6.45) is 0.975. The highest BCUT2D eigenvalue weighted by atomic mass is 79.9. The van der Waals surface area contributed by atoms with E-state index in [4.69, 9.17) is 4.74 Å². The topological polar surface area (TPSA) is 41.5 Å². The van der Waals surface area contributed by atoms with Crippen LogP contribution in [-0.2, 0) is 13.0 Å². The van der Waals surface area contributed by atoms with Crippen LogP contribution < -0.4 is 10.1 Å². The number of hydrogen-bond donors (Lipinski definition) is 2. The molecule has 0 saturated carbocycles. The molecule has 2 N–H and O–H groups in total. The number of halogens is 1. The van der Waals surface area contributed by atoms with Crippen molar-refractivity contribution >= 4 is 15.9 Å². The first kappa shape index (κ1) is 14.9. The third-order valence-electron chi connectivity index (χ3n) is 3.09. The minimum atomic E-state index is 0.270. The molecule has 0 aliphatic rings. The fourth-order valence-electron chi connectivity index (χ4n) is 1.92. The number of phenols is 1. The third kappa shape index (κ3) is 4.25. The lowest BCUT2D eigenvalue weighted by molar-refractivity contribution is 0.414. The number of hydrogen-bond acceptors (Lipinski definition) is 3.